The Balaban J connectivity index is 1.41. The summed E-state index contributed by atoms with van der Waals surface area (Å²) in [6, 6.07) is 6.63. The summed E-state index contributed by atoms with van der Waals surface area (Å²) in [4.78, 5) is 20.7. The molecule has 1 aliphatic carbocycles. The van der Waals surface area contributed by atoms with Crippen LogP contribution in [0.4, 0.5) is 0 Å². The molecule has 0 saturated heterocycles. The van der Waals surface area contributed by atoms with Crippen molar-refractivity contribution in [2.24, 2.45) is 0 Å². The van der Waals surface area contributed by atoms with Crippen LogP contribution >= 0.6 is 0 Å². The lowest BCUT2D eigenvalue weighted by molar-refractivity contribution is 0.0925. The molecule has 28 heavy (non-hydrogen) atoms. The first kappa shape index (κ1) is 18.6. The van der Waals surface area contributed by atoms with Crippen LogP contribution in [0.3, 0.4) is 0 Å². The van der Waals surface area contributed by atoms with Gasteiger partial charge in [-0.2, -0.15) is 0 Å². The van der Waals surface area contributed by atoms with Crippen LogP contribution in [0.25, 0.3) is 11.0 Å². The number of amides is 1. The summed E-state index contributed by atoms with van der Waals surface area (Å²) in [5.41, 5.74) is 1.12. The van der Waals surface area contributed by atoms with Gasteiger partial charge in [-0.15, -0.1) is 0 Å². The van der Waals surface area contributed by atoms with Crippen molar-refractivity contribution < 1.29 is 17.6 Å². The van der Waals surface area contributed by atoms with Gasteiger partial charge in [0.1, 0.15) is 0 Å². The van der Waals surface area contributed by atoms with Crippen LogP contribution < -0.4 is 5.32 Å². The zero-order chi connectivity index (χ0) is 19.6. The smallest absolute Gasteiger partial charge is 0.287 e. The van der Waals surface area contributed by atoms with Crippen molar-refractivity contribution in [2.45, 2.75) is 48.8 Å². The minimum atomic E-state index is -3.34. The third-order valence-corrected chi connectivity index (χ3v) is 7.34. The van der Waals surface area contributed by atoms with Crippen LogP contribution in [-0.4, -0.2) is 29.5 Å². The van der Waals surface area contributed by atoms with Crippen LogP contribution in [0.5, 0.6) is 0 Å². The highest BCUT2D eigenvalue weighted by atomic mass is 32.2. The minimum absolute atomic E-state index is 0.178. The highest BCUT2D eigenvalue weighted by Crippen LogP contribution is 2.28. The van der Waals surface area contributed by atoms with Crippen LogP contribution in [0.1, 0.15) is 48.4 Å². The predicted molar refractivity (Wildman–Crippen MR) is 103 cm³/mol. The summed E-state index contributed by atoms with van der Waals surface area (Å²) in [6.45, 7) is 0.178. The summed E-state index contributed by atoms with van der Waals surface area (Å²) in [7, 11) is -3.34. The normalized spacial score (nSPS) is 15.6. The lowest BCUT2D eigenvalue weighted by Gasteiger charge is -2.21. The van der Waals surface area contributed by atoms with Gasteiger partial charge >= 0.3 is 0 Å². The van der Waals surface area contributed by atoms with E-state index < -0.39 is 9.84 Å². The van der Waals surface area contributed by atoms with E-state index in [1.165, 1.54) is 6.20 Å². The fraction of sp³-hybridized carbons (Fsp3) is 0.350. The molecule has 1 fully saturated rings. The van der Waals surface area contributed by atoms with E-state index in [1.54, 1.807) is 36.7 Å². The summed E-state index contributed by atoms with van der Waals surface area (Å²) < 4.78 is 30.9. The van der Waals surface area contributed by atoms with Crippen molar-refractivity contribution in [1.82, 2.24) is 15.3 Å². The number of pyridine rings is 2. The van der Waals surface area contributed by atoms with Gasteiger partial charge in [0.15, 0.2) is 21.2 Å². The van der Waals surface area contributed by atoms with Gasteiger partial charge in [0.2, 0.25) is 0 Å². The second kappa shape index (κ2) is 7.71. The number of nitrogens with zero attached hydrogens (tertiary/aromatic N) is 2. The molecule has 3 heterocycles. The molecule has 3 aromatic rings. The number of hydrogen-bond acceptors (Lipinski definition) is 6. The molecule has 0 spiro atoms. The second-order valence-electron chi connectivity index (χ2n) is 7.00. The first-order valence-electron chi connectivity index (χ1n) is 9.34. The number of carbonyl (C=O) groups excluding carboxylic acids is 1. The largest absolute Gasteiger partial charge is 0.449 e. The topological polar surface area (TPSA) is 102 Å². The van der Waals surface area contributed by atoms with Crippen LogP contribution in [-0.2, 0) is 16.4 Å². The van der Waals surface area contributed by atoms with Gasteiger partial charge in [-0.25, -0.2) is 8.42 Å². The molecule has 7 nitrogen and oxygen atoms in total. The Labute approximate surface area is 163 Å². The molecule has 146 valence electrons. The second-order valence-corrected chi connectivity index (χ2v) is 9.23. The number of aromatic nitrogens is 2. The SMILES string of the molecule is O=C(NCc1ccc(S(=O)(=O)C2CCCCC2)cn1)c1cc2ccncc2o1. The Bertz CT molecular complexity index is 1050. The zero-order valence-electron chi connectivity index (χ0n) is 15.3. The maximum atomic E-state index is 12.7. The monoisotopic (exact) mass is 399 g/mol. The van der Waals surface area contributed by atoms with E-state index in [0.29, 0.717) is 24.1 Å². The van der Waals surface area contributed by atoms with E-state index in [9.17, 15) is 13.2 Å². The van der Waals surface area contributed by atoms with Gasteiger partial charge in [-0.1, -0.05) is 19.3 Å². The van der Waals surface area contributed by atoms with Gasteiger partial charge in [-0.3, -0.25) is 14.8 Å². The Morgan fingerprint density at radius 2 is 1.96 bits per heavy atom. The molecule has 1 N–H and O–H groups in total. The molecule has 8 heteroatoms. The number of furan rings is 1. The van der Waals surface area contributed by atoms with E-state index in [2.05, 4.69) is 15.3 Å². The van der Waals surface area contributed by atoms with Gasteiger partial charge in [0.05, 0.1) is 28.6 Å². The molecule has 3 aromatic heterocycles. The van der Waals surface area contributed by atoms with Crippen molar-refractivity contribution in [3.05, 3.63) is 54.3 Å². The molecule has 1 amide bonds. The Morgan fingerprint density at radius 3 is 2.68 bits per heavy atom. The fourth-order valence-corrected chi connectivity index (χ4v) is 5.30. The van der Waals surface area contributed by atoms with Gasteiger partial charge in [-0.05, 0) is 37.1 Å². The minimum Gasteiger partial charge on any atom is -0.449 e. The number of carbonyl (C=O) groups is 1. The van der Waals surface area contributed by atoms with Crippen molar-refractivity contribution in [1.29, 1.82) is 0 Å². The molecule has 0 atom stereocenters. The Hall–Kier alpha value is -2.74. The number of nitrogens with one attached hydrogen (secondary N) is 1. The molecule has 1 aliphatic rings. The van der Waals surface area contributed by atoms with E-state index in [4.69, 9.17) is 4.42 Å². The molecule has 1 saturated carbocycles. The number of rotatable bonds is 5. The number of sulfone groups is 1. The molecule has 4 rings (SSSR count). The van der Waals surface area contributed by atoms with Crippen LogP contribution in [0, 0.1) is 0 Å². The molecular weight excluding hydrogens is 378 g/mol. The highest BCUT2D eigenvalue weighted by molar-refractivity contribution is 7.92. The molecule has 0 bridgehead atoms. The average molecular weight is 399 g/mol. The lowest BCUT2D eigenvalue weighted by Crippen LogP contribution is -2.25. The Morgan fingerprint density at radius 1 is 1.14 bits per heavy atom. The summed E-state index contributed by atoms with van der Waals surface area (Å²) in [5, 5.41) is 3.23. The van der Waals surface area contributed by atoms with Crippen molar-refractivity contribution in [3.63, 3.8) is 0 Å². The number of fused-ring (bicyclic) bond motifs is 1. The molecule has 0 aliphatic heterocycles. The van der Waals surface area contributed by atoms with E-state index in [0.717, 1.165) is 24.6 Å². The average Bonchev–Trinajstić information content (AvgIpc) is 3.17. The quantitative estimate of drug-likeness (QED) is 0.706. The molecule has 0 radical (unpaired) electrons. The fourth-order valence-electron chi connectivity index (χ4n) is 3.51. The lowest BCUT2D eigenvalue weighted by atomic mass is 10.0. The first-order chi connectivity index (χ1) is 13.5. The van der Waals surface area contributed by atoms with Crippen LogP contribution in [0.15, 0.2) is 52.2 Å². The highest BCUT2D eigenvalue weighted by Gasteiger charge is 2.29. The third kappa shape index (κ3) is 3.77. The van der Waals surface area contributed by atoms with Crippen molar-refractivity contribution in [2.75, 3.05) is 0 Å². The maximum absolute atomic E-state index is 12.7. The number of hydrogen-bond donors (Lipinski definition) is 1. The van der Waals surface area contributed by atoms with Gasteiger partial charge < -0.3 is 9.73 Å². The van der Waals surface area contributed by atoms with Gasteiger partial charge in [0, 0.05) is 17.8 Å². The zero-order valence-corrected chi connectivity index (χ0v) is 16.1. The standard InChI is InChI=1S/C20H21N3O4S/c24-20(18-10-14-8-9-21-13-19(14)27-18)23-11-15-6-7-17(12-22-15)28(25,26)16-4-2-1-3-5-16/h6-10,12-13,16H,1-5,11H2,(H,23,24). The van der Waals surface area contributed by atoms with Crippen molar-refractivity contribution >= 4 is 26.7 Å². The van der Waals surface area contributed by atoms with Crippen LogP contribution in [0.2, 0.25) is 0 Å². The Kier molecular flexibility index (Phi) is 5.13. The summed E-state index contributed by atoms with van der Waals surface area (Å²) in [6.07, 6.45) is 9.02. The maximum Gasteiger partial charge on any atom is 0.287 e. The third-order valence-electron chi connectivity index (χ3n) is 5.09. The van der Waals surface area contributed by atoms with E-state index in [-0.39, 0.29) is 28.4 Å². The molecular formula is C20H21N3O4S. The van der Waals surface area contributed by atoms with E-state index in [1.807, 2.05) is 0 Å². The molecule has 0 unspecified atom stereocenters. The van der Waals surface area contributed by atoms with E-state index >= 15 is 0 Å². The van der Waals surface area contributed by atoms with Crippen molar-refractivity contribution in [3.8, 4) is 0 Å². The summed E-state index contributed by atoms with van der Waals surface area (Å²) >= 11 is 0. The predicted octanol–water partition coefficient (Wildman–Crippen LogP) is 3.26. The first-order valence-corrected chi connectivity index (χ1v) is 10.9. The summed E-state index contributed by atoms with van der Waals surface area (Å²) in [5.74, 6) is -0.170. The molecule has 0 aromatic carbocycles. The van der Waals surface area contributed by atoms with Gasteiger partial charge in [0.25, 0.3) is 5.91 Å².